The second-order valence-electron chi connectivity index (χ2n) is 23.5. The van der Waals surface area contributed by atoms with E-state index in [9.17, 15) is 0 Å². The van der Waals surface area contributed by atoms with Crippen LogP contribution in [0.3, 0.4) is 0 Å². The number of nitrogens with zero attached hydrogens (tertiary/aromatic N) is 2. The first-order chi connectivity index (χ1) is 45.1. The summed E-state index contributed by atoms with van der Waals surface area (Å²) in [6.07, 6.45) is 0. The highest BCUT2D eigenvalue weighted by Crippen LogP contribution is 2.51. The lowest BCUT2D eigenvalue weighted by Gasteiger charge is -2.29. The van der Waals surface area contributed by atoms with E-state index in [0.29, 0.717) is 0 Å². The van der Waals surface area contributed by atoms with E-state index in [-0.39, 0.29) is 0 Å². The quantitative estimate of drug-likeness (QED) is 0.129. The molecule has 0 aliphatic carbocycles. The zero-order valence-electron chi connectivity index (χ0n) is 49.3. The first-order valence-electron chi connectivity index (χ1n) is 30.9. The topological polar surface area (TPSA) is 45.9 Å². The largest absolute Gasteiger partial charge is 0.456 e. The monoisotopic (exact) mass is 1160 g/mol. The van der Waals surface area contributed by atoms with Gasteiger partial charge < -0.3 is 23.1 Å². The van der Waals surface area contributed by atoms with Gasteiger partial charge in [0.15, 0.2) is 0 Å². The van der Waals surface area contributed by atoms with Crippen molar-refractivity contribution in [2.45, 2.75) is 0 Å². The standard InChI is InChI=1S/C86H54N2O3/c1-7-22-55(23-8-1)61-40-44-69(57-26-11-3-12-27-57)77(50-61)87(65-30-15-5-16-31-65)67-42-38-59-48-75-80(52-63(59)46-67)89-82-54-74(73-36-21-35-72-71-34-19-20-37-79(71)90-85(72)73)86-84(83(75)82)76-49-60-39-43-68(47-64(60)53-81(76)91-86)88(66-32-17-6-18-33-66)78-51-62(56-24-9-2-10-25-56)41-45-70(78)58-28-13-4-14-29-58/h1-54H. The third-order valence-corrected chi connectivity index (χ3v) is 18.2. The lowest BCUT2D eigenvalue weighted by Crippen LogP contribution is -2.11. The van der Waals surface area contributed by atoms with Crippen molar-refractivity contribution in [3.05, 3.63) is 328 Å². The second-order valence-corrected chi connectivity index (χ2v) is 23.5. The van der Waals surface area contributed by atoms with Gasteiger partial charge in [0.25, 0.3) is 0 Å². The van der Waals surface area contributed by atoms with Crippen LogP contribution in [0.15, 0.2) is 341 Å². The minimum absolute atomic E-state index is 0.765. The van der Waals surface area contributed by atoms with Crippen LogP contribution in [0.5, 0.6) is 0 Å². The molecular formula is C86H54N2O3. The van der Waals surface area contributed by atoms with Gasteiger partial charge in [-0.05, 0) is 152 Å². The van der Waals surface area contributed by atoms with Crippen LogP contribution in [-0.4, -0.2) is 0 Å². The van der Waals surface area contributed by atoms with Crippen molar-refractivity contribution in [1.82, 2.24) is 0 Å². The van der Waals surface area contributed by atoms with Crippen LogP contribution in [-0.2, 0) is 0 Å². The smallest absolute Gasteiger partial charge is 0.144 e. The molecule has 0 aliphatic heterocycles. The van der Waals surface area contributed by atoms with Crippen LogP contribution in [0.2, 0.25) is 0 Å². The molecule has 91 heavy (non-hydrogen) atoms. The normalized spacial score (nSPS) is 11.7. The molecule has 0 N–H and O–H groups in total. The number of furan rings is 3. The zero-order chi connectivity index (χ0) is 59.9. The Morgan fingerprint density at radius 2 is 0.648 bits per heavy atom. The van der Waals surface area contributed by atoms with Crippen molar-refractivity contribution in [3.63, 3.8) is 0 Å². The Hall–Kier alpha value is -12.2. The van der Waals surface area contributed by atoms with Crippen LogP contribution in [0.25, 0.3) is 143 Å². The Labute approximate surface area is 524 Å². The van der Waals surface area contributed by atoms with Crippen LogP contribution in [0.4, 0.5) is 34.1 Å². The van der Waals surface area contributed by atoms with E-state index in [2.05, 4.69) is 325 Å². The Morgan fingerprint density at radius 3 is 1.19 bits per heavy atom. The molecule has 0 aliphatic rings. The fourth-order valence-electron chi connectivity index (χ4n) is 13.9. The molecule has 3 heterocycles. The molecule has 0 amide bonds. The second kappa shape index (κ2) is 21.3. The molecule has 426 valence electrons. The van der Waals surface area contributed by atoms with Crippen LogP contribution >= 0.6 is 0 Å². The van der Waals surface area contributed by atoms with Gasteiger partial charge in [-0.15, -0.1) is 0 Å². The lowest BCUT2D eigenvalue weighted by molar-refractivity contribution is 0.662. The summed E-state index contributed by atoms with van der Waals surface area (Å²) in [7, 11) is 0. The molecular weight excluding hydrogens is 1110 g/mol. The third-order valence-electron chi connectivity index (χ3n) is 18.2. The van der Waals surface area contributed by atoms with Crippen LogP contribution < -0.4 is 9.80 Å². The van der Waals surface area contributed by atoms with E-state index in [1.54, 1.807) is 0 Å². The molecule has 0 bridgehead atoms. The van der Waals surface area contributed by atoms with Crippen molar-refractivity contribution < 1.29 is 13.3 Å². The van der Waals surface area contributed by atoms with Gasteiger partial charge >= 0.3 is 0 Å². The highest BCUT2D eigenvalue weighted by Gasteiger charge is 2.26. The summed E-state index contributed by atoms with van der Waals surface area (Å²) >= 11 is 0. The summed E-state index contributed by atoms with van der Waals surface area (Å²) in [5.41, 5.74) is 22.0. The SMILES string of the molecule is c1ccc(-c2ccc(-c3ccccc3)c(N(c3ccccc3)c3ccc4cc5c(cc4c3)oc3cc(-c4cccc6c4oc4ccccc46)c4oc6cc7cc(N(c8ccccc8)c8cc(-c9ccccc9)ccc8-c8ccccc8)ccc7cc6c4c35)c2)cc1. The van der Waals surface area contributed by atoms with Gasteiger partial charge in [-0.1, -0.05) is 231 Å². The fourth-order valence-corrected chi connectivity index (χ4v) is 13.9. The van der Waals surface area contributed by atoms with E-state index in [4.69, 9.17) is 13.3 Å². The average molecular weight is 1160 g/mol. The molecule has 5 nitrogen and oxygen atoms in total. The van der Waals surface area contributed by atoms with Crippen LogP contribution in [0.1, 0.15) is 0 Å². The maximum atomic E-state index is 7.40. The molecule has 0 atom stereocenters. The van der Waals surface area contributed by atoms with Gasteiger partial charge in [-0.3, -0.25) is 0 Å². The van der Waals surface area contributed by atoms with Gasteiger partial charge in [-0.25, -0.2) is 0 Å². The predicted octanol–water partition coefficient (Wildman–Crippen LogP) is 25.0. The molecule has 18 rings (SSSR count). The number of benzene rings is 15. The van der Waals surface area contributed by atoms with Gasteiger partial charge in [0, 0.05) is 77.3 Å². The summed E-state index contributed by atoms with van der Waals surface area (Å²) in [6.45, 7) is 0. The number of hydrogen-bond donors (Lipinski definition) is 0. The minimum Gasteiger partial charge on any atom is -0.456 e. The van der Waals surface area contributed by atoms with E-state index in [0.717, 1.165) is 177 Å². The van der Waals surface area contributed by atoms with Gasteiger partial charge in [0.1, 0.15) is 33.5 Å². The summed E-state index contributed by atoms with van der Waals surface area (Å²) < 4.78 is 21.4. The van der Waals surface area contributed by atoms with E-state index >= 15 is 0 Å². The van der Waals surface area contributed by atoms with Crippen molar-refractivity contribution >= 4 is 121 Å². The van der Waals surface area contributed by atoms with E-state index in [1.165, 1.54) is 0 Å². The molecule has 0 spiro atoms. The molecule has 0 fully saturated rings. The fraction of sp³-hybridized carbons (Fsp3) is 0. The Morgan fingerprint density at radius 1 is 0.198 bits per heavy atom. The number of fused-ring (bicyclic) bond motifs is 12. The number of hydrogen-bond acceptors (Lipinski definition) is 5. The van der Waals surface area contributed by atoms with Gasteiger partial charge in [0.2, 0.25) is 0 Å². The summed E-state index contributed by atoms with van der Waals surface area (Å²) in [4.78, 5) is 4.78. The molecule has 3 aromatic heterocycles. The number of anilines is 6. The van der Waals surface area contributed by atoms with E-state index < -0.39 is 0 Å². The Bertz CT molecular complexity index is 5820. The van der Waals surface area contributed by atoms with Gasteiger partial charge in [0.05, 0.1) is 11.4 Å². The summed E-state index contributed by atoms with van der Waals surface area (Å²) in [5, 5.41) is 10.4. The molecule has 0 radical (unpaired) electrons. The zero-order valence-corrected chi connectivity index (χ0v) is 49.3. The first-order valence-corrected chi connectivity index (χ1v) is 30.9. The lowest BCUT2D eigenvalue weighted by atomic mass is 9.95. The first kappa shape index (κ1) is 52.0. The minimum atomic E-state index is 0.765. The van der Waals surface area contributed by atoms with Gasteiger partial charge in [-0.2, -0.15) is 0 Å². The molecule has 5 heteroatoms. The highest BCUT2D eigenvalue weighted by atomic mass is 16.3. The van der Waals surface area contributed by atoms with Crippen molar-refractivity contribution in [3.8, 4) is 55.6 Å². The summed E-state index contributed by atoms with van der Waals surface area (Å²) in [5.74, 6) is 0. The van der Waals surface area contributed by atoms with E-state index in [1.807, 2.05) is 12.1 Å². The molecule has 18 aromatic rings. The number of rotatable bonds is 11. The molecule has 15 aromatic carbocycles. The maximum absolute atomic E-state index is 7.40. The molecule has 0 unspecified atom stereocenters. The summed E-state index contributed by atoms with van der Waals surface area (Å²) in [6, 6.07) is 117. The Kier molecular flexibility index (Phi) is 12.2. The van der Waals surface area contributed by atoms with Crippen LogP contribution in [0, 0.1) is 0 Å². The predicted molar refractivity (Wildman–Crippen MR) is 380 cm³/mol. The molecule has 0 saturated carbocycles. The Balaban J connectivity index is 0.843. The highest BCUT2D eigenvalue weighted by molar-refractivity contribution is 6.31. The van der Waals surface area contributed by atoms with Crippen molar-refractivity contribution in [2.24, 2.45) is 0 Å². The average Bonchev–Trinajstić information content (AvgIpc) is 1.59. The van der Waals surface area contributed by atoms with Crippen molar-refractivity contribution in [2.75, 3.05) is 9.80 Å². The third kappa shape index (κ3) is 8.85. The van der Waals surface area contributed by atoms with Crippen molar-refractivity contribution in [1.29, 1.82) is 0 Å². The number of para-hydroxylation sites is 4. The molecule has 0 saturated heterocycles. The maximum Gasteiger partial charge on any atom is 0.144 e.